The molecule has 0 heterocycles. The van der Waals surface area contributed by atoms with Crippen LogP contribution < -0.4 is 0 Å². The van der Waals surface area contributed by atoms with E-state index in [-0.39, 0.29) is 51.2 Å². The van der Waals surface area contributed by atoms with Crippen LogP contribution in [0.2, 0.25) is 0 Å². The Morgan fingerprint density at radius 2 is 1.36 bits per heavy atom. The molecule has 0 aromatic heterocycles. The first-order chi connectivity index (χ1) is 5.00. The summed E-state index contributed by atoms with van der Waals surface area (Å²) in [6, 6.07) is 4.60. The second-order valence-corrected chi connectivity index (χ2v) is 3.39. The number of hydrogen-bond donors (Lipinski definition) is 2. The SMILES string of the molecule is O.O.O=S(=O)(O)c1ccc(O)cc1.[Na]. The van der Waals surface area contributed by atoms with E-state index >= 15 is 0 Å². The van der Waals surface area contributed by atoms with Crippen LogP contribution in [0.4, 0.5) is 0 Å². The molecule has 0 unspecified atom stereocenters. The van der Waals surface area contributed by atoms with E-state index in [2.05, 4.69) is 0 Å². The van der Waals surface area contributed by atoms with Crippen molar-refractivity contribution in [1.82, 2.24) is 0 Å². The molecule has 1 aromatic rings. The third-order valence-electron chi connectivity index (χ3n) is 1.13. The monoisotopic (exact) mass is 233 g/mol. The van der Waals surface area contributed by atoms with Crippen LogP contribution in [0.25, 0.3) is 0 Å². The van der Waals surface area contributed by atoms with Gasteiger partial charge in [0.05, 0.1) is 4.90 Å². The minimum atomic E-state index is -4.13. The molecule has 0 saturated carbocycles. The average molecular weight is 233 g/mol. The van der Waals surface area contributed by atoms with Crippen LogP contribution in [-0.4, -0.2) is 58.6 Å². The molecule has 1 radical (unpaired) electrons. The van der Waals surface area contributed by atoms with Crippen molar-refractivity contribution in [1.29, 1.82) is 0 Å². The molecule has 0 spiro atoms. The van der Waals surface area contributed by atoms with Gasteiger partial charge in [-0.15, -0.1) is 0 Å². The molecule has 0 fully saturated rings. The molecule has 0 bridgehead atoms. The molecule has 1 rings (SSSR count). The molecule has 1 aromatic carbocycles. The Labute approximate surface area is 103 Å². The van der Waals surface area contributed by atoms with E-state index in [0.717, 1.165) is 12.1 Å². The predicted octanol–water partition coefficient (Wildman–Crippen LogP) is -1.39. The first kappa shape index (κ1) is 19.4. The van der Waals surface area contributed by atoms with Gasteiger partial charge in [-0.25, -0.2) is 0 Å². The number of phenolic OH excluding ortho intramolecular Hbond substituents is 1. The van der Waals surface area contributed by atoms with Crippen LogP contribution in [-0.2, 0) is 10.1 Å². The fraction of sp³-hybridized carbons (Fsp3) is 0. The largest absolute Gasteiger partial charge is 0.508 e. The summed E-state index contributed by atoms with van der Waals surface area (Å²) in [4.78, 5) is -0.227. The molecule has 0 aliphatic carbocycles. The molecule has 0 saturated heterocycles. The van der Waals surface area contributed by atoms with Crippen molar-refractivity contribution < 1.29 is 29.0 Å². The van der Waals surface area contributed by atoms with Gasteiger partial charge >= 0.3 is 0 Å². The van der Waals surface area contributed by atoms with Gasteiger partial charge in [0.15, 0.2) is 0 Å². The van der Waals surface area contributed by atoms with Gasteiger partial charge in [0.2, 0.25) is 0 Å². The van der Waals surface area contributed by atoms with E-state index in [1.54, 1.807) is 0 Å². The molecule has 14 heavy (non-hydrogen) atoms. The normalized spacial score (nSPS) is 8.93. The summed E-state index contributed by atoms with van der Waals surface area (Å²) < 4.78 is 29.3. The number of aromatic hydroxyl groups is 1. The van der Waals surface area contributed by atoms with Crippen molar-refractivity contribution in [3.05, 3.63) is 24.3 Å². The molecule has 0 atom stereocenters. The predicted molar refractivity (Wildman–Crippen MR) is 50.9 cm³/mol. The van der Waals surface area contributed by atoms with Crippen LogP contribution in [0, 0.1) is 0 Å². The zero-order valence-corrected chi connectivity index (χ0v) is 10.2. The molecule has 8 heteroatoms. The standard InChI is InChI=1S/C6H6O4S.Na.2H2O/c7-5-1-3-6(4-2-5)11(8,9)10;;;/h1-4,7H,(H,8,9,10);;2*1H2. The molecule has 0 aliphatic rings. The fourth-order valence-electron chi connectivity index (χ4n) is 0.618. The molecule has 6 N–H and O–H groups in total. The Kier molecular flexibility index (Phi) is 9.97. The summed E-state index contributed by atoms with van der Waals surface area (Å²) in [7, 11) is -4.13. The van der Waals surface area contributed by atoms with E-state index in [1.807, 2.05) is 0 Å². The van der Waals surface area contributed by atoms with Gasteiger partial charge in [-0.05, 0) is 24.3 Å². The summed E-state index contributed by atoms with van der Waals surface area (Å²) >= 11 is 0. The quantitative estimate of drug-likeness (QED) is 0.455. The van der Waals surface area contributed by atoms with Gasteiger partial charge in [0, 0.05) is 29.6 Å². The molecular formula is C6H10NaO6S. The molecule has 6 nitrogen and oxygen atoms in total. The van der Waals surface area contributed by atoms with Crippen molar-refractivity contribution in [2.45, 2.75) is 4.90 Å². The first-order valence-corrected chi connectivity index (χ1v) is 4.21. The van der Waals surface area contributed by atoms with Crippen molar-refractivity contribution in [2.24, 2.45) is 0 Å². The van der Waals surface area contributed by atoms with E-state index in [0.29, 0.717) is 0 Å². The Morgan fingerprint density at radius 3 is 1.64 bits per heavy atom. The van der Waals surface area contributed by atoms with E-state index in [1.165, 1.54) is 12.1 Å². The Hall–Kier alpha value is -0.150. The van der Waals surface area contributed by atoms with Crippen molar-refractivity contribution >= 4 is 39.7 Å². The smallest absolute Gasteiger partial charge is 0.294 e. The Balaban J connectivity index is -0.000000403. The number of rotatable bonds is 1. The second kappa shape index (κ2) is 7.18. The summed E-state index contributed by atoms with van der Waals surface area (Å²) in [6.07, 6.45) is 0. The summed E-state index contributed by atoms with van der Waals surface area (Å²) in [5, 5.41) is 8.75. The van der Waals surface area contributed by atoms with Gasteiger partial charge in [-0.3, -0.25) is 4.55 Å². The fourth-order valence-corrected chi connectivity index (χ4v) is 1.10. The topological polar surface area (TPSA) is 138 Å². The number of hydrogen-bond acceptors (Lipinski definition) is 3. The first-order valence-electron chi connectivity index (χ1n) is 2.77. The Morgan fingerprint density at radius 1 is 1.00 bits per heavy atom. The third-order valence-corrected chi connectivity index (χ3v) is 2.00. The summed E-state index contributed by atoms with van der Waals surface area (Å²) in [5.41, 5.74) is 0. The van der Waals surface area contributed by atoms with E-state index < -0.39 is 10.1 Å². The van der Waals surface area contributed by atoms with Crippen LogP contribution in [0.3, 0.4) is 0 Å². The van der Waals surface area contributed by atoms with E-state index in [9.17, 15) is 8.42 Å². The third kappa shape index (κ3) is 5.55. The maximum atomic E-state index is 10.4. The van der Waals surface area contributed by atoms with Crippen LogP contribution in [0.5, 0.6) is 5.75 Å². The Bertz CT molecular complexity index is 345. The van der Waals surface area contributed by atoms with Gasteiger partial charge in [0.25, 0.3) is 10.1 Å². The van der Waals surface area contributed by atoms with Gasteiger partial charge in [0.1, 0.15) is 5.75 Å². The van der Waals surface area contributed by atoms with Crippen molar-refractivity contribution in [3.63, 3.8) is 0 Å². The zero-order valence-electron chi connectivity index (χ0n) is 7.43. The number of benzene rings is 1. The van der Waals surface area contributed by atoms with Gasteiger partial charge < -0.3 is 16.1 Å². The zero-order chi connectivity index (χ0) is 8.48. The van der Waals surface area contributed by atoms with Crippen LogP contribution in [0.15, 0.2) is 29.2 Å². The maximum absolute atomic E-state index is 10.4. The minimum absolute atomic E-state index is 0. The van der Waals surface area contributed by atoms with Crippen molar-refractivity contribution in [2.75, 3.05) is 0 Å². The van der Waals surface area contributed by atoms with Crippen LogP contribution >= 0.6 is 0 Å². The van der Waals surface area contributed by atoms with E-state index in [4.69, 9.17) is 9.66 Å². The maximum Gasteiger partial charge on any atom is 0.294 e. The molecule has 0 aliphatic heterocycles. The second-order valence-electron chi connectivity index (χ2n) is 1.97. The molecular weight excluding hydrogens is 223 g/mol. The number of phenols is 1. The summed E-state index contributed by atoms with van der Waals surface area (Å²) in [5.74, 6) is -0.0441. The average Bonchev–Trinajstić information content (AvgIpc) is 1.86. The van der Waals surface area contributed by atoms with Crippen molar-refractivity contribution in [3.8, 4) is 5.75 Å². The summed E-state index contributed by atoms with van der Waals surface area (Å²) in [6.45, 7) is 0. The van der Waals surface area contributed by atoms with Gasteiger partial charge in [-0.2, -0.15) is 8.42 Å². The molecule has 0 amide bonds. The minimum Gasteiger partial charge on any atom is -0.508 e. The van der Waals surface area contributed by atoms with Crippen LogP contribution in [0.1, 0.15) is 0 Å². The van der Waals surface area contributed by atoms with Gasteiger partial charge in [-0.1, -0.05) is 0 Å². The molecule has 77 valence electrons.